The van der Waals surface area contributed by atoms with E-state index in [0.717, 1.165) is 63.8 Å². The minimum atomic E-state index is -0.0159. The van der Waals surface area contributed by atoms with Crippen LogP contribution >= 0.6 is 12.4 Å². The van der Waals surface area contributed by atoms with E-state index in [9.17, 15) is 9.59 Å². The molecule has 3 N–H and O–H groups in total. The van der Waals surface area contributed by atoms with Gasteiger partial charge in [-0.1, -0.05) is 6.07 Å². The maximum atomic E-state index is 12.5. The minimum absolute atomic E-state index is 0. The second-order valence-corrected chi connectivity index (χ2v) is 8.52. The molecule has 3 aliphatic rings. The molecule has 0 spiro atoms. The molecular weight excluding hydrogens is 388 g/mol. The number of fused-ring (bicyclic) bond motifs is 1. The van der Waals surface area contributed by atoms with Crippen LogP contribution < -0.4 is 16.0 Å². The van der Waals surface area contributed by atoms with E-state index in [1.165, 1.54) is 17.5 Å². The Balaban J connectivity index is 0.00000240. The lowest BCUT2D eigenvalue weighted by atomic mass is 9.98. The molecule has 1 aromatic rings. The van der Waals surface area contributed by atoms with Crippen molar-refractivity contribution in [2.24, 2.45) is 5.92 Å². The van der Waals surface area contributed by atoms with Crippen molar-refractivity contribution >= 4 is 29.9 Å². The van der Waals surface area contributed by atoms with Crippen molar-refractivity contribution in [3.63, 3.8) is 0 Å². The minimum Gasteiger partial charge on any atom is -0.354 e. The molecule has 2 fully saturated rings. The first-order valence-electron chi connectivity index (χ1n) is 10.8. The molecule has 2 aliphatic heterocycles. The molecule has 0 aromatic heterocycles. The Labute approximate surface area is 179 Å². The second-order valence-electron chi connectivity index (χ2n) is 8.52. The molecule has 0 radical (unpaired) electrons. The molecule has 1 aliphatic carbocycles. The highest BCUT2D eigenvalue weighted by molar-refractivity contribution is 5.92. The zero-order valence-electron chi connectivity index (χ0n) is 17.0. The van der Waals surface area contributed by atoms with Gasteiger partial charge in [-0.2, -0.15) is 0 Å². The zero-order valence-corrected chi connectivity index (χ0v) is 17.9. The largest absolute Gasteiger partial charge is 0.354 e. The molecule has 2 unspecified atom stereocenters. The number of likely N-dealkylation sites (tertiary alicyclic amines) is 1. The highest BCUT2D eigenvalue weighted by atomic mass is 35.5. The predicted octanol–water partition coefficient (Wildman–Crippen LogP) is 2.12. The summed E-state index contributed by atoms with van der Waals surface area (Å²) in [7, 11) is 0. The third kappa shape index (κ3) is 5.93. The topological polar surface area (TPSA) is 73.5 Å². The standard InChI is InChI=1S/C22H32N4O2.ClH/c27-21(25-19-9-8-17-5-1-6-18(17)12-19)15-26-11-3-4-16(14-26)13-24-22(28)20-7-2-10-23-20;/h8-9,12,16,20,23H,1-7,10-11,13-15H2,(H,24,28)(H,25,27);1H. The molecule has 0 saturated carbocycles. The van der Waals surface area contributed by atoms with Gasteiger partial charge in [-0.25, -0.2) is 0 Å². The summed E-state index contributed by atoms with van der Waals surface area (Å²) in [5.41, 5.74) is 3.71. The zero-order chi connectivity index (χ0) is 19.3. The van der Waals surface area contributed by atoms with Crippen LogP contribution in [-0.2, 0) is 22.4 Å². The molecule has 1 aromatic carbocycles. The van der Waals surface area contributed by atoms with Crippen molar-refractivity contribution in [1.82, 2.24) is 15.5 Å². The van der Waals surface area contributed by atoms with E-state index in [0.29, 0.717) is 19.0 Å². The Morgan fingerprint density at radius 2 is 1.97 bits per heavy atom. The Morgan fingerprint density at radius 3 is 2.79 bits per heavy atom. The number of anilines is 1. The van der Waals surface area contributed by atoms with Crippen molar-refractivity contribution in [3.8, 4) is 0 Å². The normalized spacial score (nSPS) is 23.9. The molecule has 2 saturated heterocycles. The number of piperidine rings is 1. The van der Waals surface area contributed by atoms with Crippen LogP contribution in [-0.4, -0.2) is 55.5 Å². The van der Waals surface area contributed by atoms with Gasteiger partial charge in [0.15, 0.2) is 0 Å². The summed E-state index contributed by atoms with van der Waals surface area (Å²) in [4.78, 5) is 26.9. The van der Waals surface area contributed by atoms with Crippen LogP contribution in [0, 0.1) is 5.92 Å². The van der Waals surface area contributed by atoms with Crippen LogP contribution in [0.2, 0.25) is 0 Å². The lowest BCUT2D eigenvalue weighted by Crippen LogP contribution is -2.46. The van der Waals surface area contributed by atoms with Gasteiger partial charge in [-0.05, 0) is 87.2 Å². The van der Waals surface area contributed by atoms with Gasteiger partial charge >= 0.3 is 0 Å². The number of halogens is 1. The van der Waals surface area contributed by atoms with Crippen LogP contribution in [0.5, 0.6) is 0 Å². The van der Waals surface area contributed by atoms with Gasteiger partial charge in [0.1, 0.15) is 0 Å². The molecule has 4 rings (SSSR count). The molecule has 160 valence electrons. The molecule has 2 amide bonds. The van der Waals surface area contributed by atoms with Crippen molar-refractivity contribution in [2.45, 2.75) is 51.0 Å². The fourth-order valence-corrected chi connectivity index (χ4v) is 4.79. The Hall–Kier alpha value is -1.63. The SMILES string of the molecule is Cl.O=C(CN1CCCC(CNC(=O)C2CCCN2)C1)Nc1ccc2c(c1)CCC2. The molecule has 29 heavy (non-hydrogen) atoms. The summed E-state index contributed by atoms with van der Waals surface area (Å²) in [5, 5.41) is 9.41. The molecule has 0 bridgehead atoms. The smallest absolute Gasteiger partial charge is 0.238 e. The van der Waals surface area contributed by atoms with Crippen LogP contribution in [0.4, 0.5) is 5.69 Å². The molecular formula is C22H33ClN4O2. The van der Waals surface area contributed by atoms with E-state index in [-0.39, 0.29) is 30.3 Å². The summed E-state index contributed by atoms with van der Waals surface area (Å²) >= 11 is 0. The Morgan fingerprint density at radius 1 is 1.10 bits per heavy atom. The van der Waals surface area contributed by atoms with Gasteiger partial charge < -0.3 is 16.0 Å². The molecule has 2 heterocycles. The quantitative estimate of drug-likeness (QED) is 0.659. The van der Waals surface area contributed by atoms with Crippen molar-refractivity contribution in [1.29, 1.82) is 0 Å². The number of amides is 2. The predicted molar refractivity (Wildman–Crippen MR) is 118 cm³/mol. The number of benzene rings is 1. The monoisotopic (exact) mass is 420 g/mol. The Bertz CT molecular complexity index is 721. The van der Waals surface area contributed by atoms with Gasteiger partial charge in [0.05, 0.1) is 12.6 Å². The van der Waals surface area contributed by atoms with E-state index in [4.69, 9.17) is 0 Å². The number of hydrogen-bond donors (Lipinski definition) is 3. The first kappa shape index (κ1) is 22.1. The van der Waals surface area contributed by atoms with Crippen molar-refractivity contribution < 1.29 is 9.59 Å². The number of carbonyl (C=O) groups excluding carboxylic acids is 2. The second kappa shape index (κ2) is 10.4. The third-order valence-electron chi connectivity index (χ3n) is 6.29. The summed E-state index contributed by atoms with van der Waals surface area (Å²) in [6.45, 7) is 3.89. The van der Waals surface area contributed by atoms with Gasteiger partial charge in [0.25, 0.3) is 0 Å². The van der Waals surface area contributed by atoms with Gasteiger partial charge in [0, 0.05) is 18.8 Å². The fourth-order valence-electron chi connectivity index (χ4n) is 4.79. The van der Waals surface area contributed by atoms with Gasteiger partial charge in [-0.3, -0.25) is 14.5 Å². The lowest BCUT2D eigenvalue weighted by molar-refractivity contribution is -0.123. The first-order valence-corrected chi connectivity index (χ1v) is 10.8. The highest BCUT2D eigenvalue weighted by Crippen LogP contribution is 2.25. The van der Waals surface area contributed by atoms with Crippen LogP contribution in [0.1, 0.15) is 43.2 Å². The number of nitrogens with zero attached hydrogens (tertiary/aromatic N) is 1. The molecule has 2 atom stereocenters. The number of nitrogens with one attached hydrogen (secondary N) is 3. The van der Waals surface area contributed by atoms with Gasteiger partial charge in [-0.15, -0.1) is 12.4 Å². The summed E-state index contributed by atoms with van der Waals surface area (Å²) < 4.78 is 0. The van der Waals surface area contributed by atoms with E-state index >= 15 is 0 Å². The van der Waals surface area contributed by atoms with E-state index < -0.39 is 0 Å². The highest BCUT2D eigenvalue weighted by Gasteiger charge is 2.25. The number of rotatable bonds is 6. The maximum Gasteiger partial charge on any atom is 0.238 e. The number of hydrogen-bond acceptors (Lipinski definition) is 4. The fraction of sp³-hybridized carbons (Fsp3) is 0.636. The van der Waals surface area contributed by atoms with Crippen molar-refractivity contribution in [3.05, 3.63) is 29.3 Å². The van der Waals surface area contributed by atoms with E-state index in [1.54, 1.807) is 0 Å². The van der Waals surface area contributed by atoms with E-state index in [1.807, 2.05) is 6.07 Å². The average Bonchev–Trinajstić information content (AvgIpc) is 3.38. The maximum absolute atomic E-state index is 12.5. The van der Waals surface area contributed by atoms with Gasteiger partial charge in [0.2, 0.25) is 11.8 Å². The van der Waals surface area contributed by atoms with Crippen LogP contribution in [0.15, 0.2) is 18.2 Å². The number of carbonyl (C=O) groups is 2. The number of aryl methyl sites for hydroxylation is 2. The van der Waals surface area contributed by atoms with Crippen molar-refractivity contribution in [2.75, 3.05) is 38.0 Å². The summed E-state index contributed by atoms with van der Waals surface area (Å²) in [6, 6.07) is 6.29. The summed E-state index contributed by atoms with van der Waals surface area (Å²) in [5.74, 6) is 0.605. The Kier molecular flexibility index (Phi) is 7.92. The molecule has 6 nitrogen and oxygen atoms in total. The lowest BCUT2D eigenvalue weighted by Gasteiger charge is -2.32. The average molecular weight is 421 g/mol. The third-order valence-corrected chi connectivity index (χ3v) is 6.29. The summed E-state index contributed by atoms with van der Waals surface area (Å²) in [6.07, 6.45) is 7.70. The van der Waals surface area contributed by atoms with E-state index in [2.05, 4.69) is 33.0 Å². The molecule has 7 heteroatoms. The first-order chi connectivity index (χ1) is 13.7. The van der Waals surface area contributed by atoms with Crippen LogP contribution in [0.3, 0.4) is 0 Å². The van der Waals surface area contributed by atoms with Crippen LogP contribution in [0.25, 0.3) is 0 Å².